The number of methoxy groups -OCH3 is 1. The summed E-state index contributed by atoms with van der Waals surface area (Å²) in [7, 11) is 3.81. The van der Waals surface area contributed by atoms with Crippen LogP contribution >= 0.6 is 15.9 Å². The fraction of sp³-hybridized carbons (Fsp3) is 0.529. The first kappa shape index (κ1) is 37.7. The number of halogens is 1. The minimum atomic E-state index is -0.753. The first-order valence-corrected chi connectivity index (χ1v) is 15.8. The third kappa shape index (κ3) is 10.9. The minimum absolute atomic E-state index is 0.257. The van der Waals surface area contributed by atoms with Gasteiger partial charge in [0.1, 0.15) is 12.0 Å². The molecule has 0 aromatic heterocycles. The van der Waals surface area contributed by atoms with E-state index in [2.05, 4.69) is 103 Å². The SMILES string of the molecule is C/C=C\CCC/C=C(C)/C(=C\C=C\Br)C(O)NCCC1(CC)Nc2cc(OC)ccc2N(C)/C1=C\C.CC.CC. The van der Waals surface area contributed by atoms with E-state index in [1.54, 1.807) is 12.1 Å². The summed E-state index contributed by atoms with van der Waals surface area (Å²) in [5.41, 5.74) is 5.14. The molecule has 0 saturated heterocycles. The van der Waals surface area contributed by atoms with E-state index in [-0.39, 0.29) is 5.54 Å². The van der Waals surface area contributed by atoms with E-state index in [1.807, 2.05) is 45.9 Å². The standard InChI is InChI=1S/C30H44BrN3O2.2C2H6/c1-7-10-11-12-13-15-23(4)25(16-14-20-31)29(35)32-21-19-30(9-3)28(8-2)34(5)27-18-17-24(36-6)22-26(27)33-30;2*1-2/h7-8,10,14-18,20,22,29,32-33,35H,9,11-13,19,21H2,1-6H3;2*1-2H3/b10-7-,20-14+,23-15+,25-16+,28-8-;;. The van der Waals surface area contributed by atoms with Crippen molar-refractivity contribution in [2.24, 2.45) is 0 Å². The Morgan fingerprint density at radius 1 is 1.20 bits per heavy atom. The van der Waals surface area contributed by atoms with Crippen molar-refractivity contribution >= 4 is 27.3 Å². The quantitative estimate of drug-likeness (QED) is 0.0890. The van der Waals surface area contributed by atoms with E-state index in [9.17, 15) is 5.11 Å². The van der Waals surface area contributed by atoms with Crippen LogP contribution in [-0.4, -0.2) is 37.6 Å². The molecule has 0 spiro atoms. The molecule has 1 heterocycles. The summed E-state index contributed by atoms with van der Waals surface area (Å²) in [6, 6.07) is 6.14. The van der Waals surface area contributed by atoms with Crippen molar-refractivity contribution in [2.45, 2.75) is 99.3 Å². The summed E-state index contributed by atoms with van der Waals surface area (Å²) < 4.78 is 5.47. The van der Waals surface area contributed by atoms with Gasteiger partial charge in [-0.15, -0.1) is 0 Å². The van der Waals surface area contributed by atoms with Gasteiger partial charge in [-0.2, -0.15) is 0 Å². The monoisotopic (exact) mass is 617 g/mol. The predicted octanol–water partition coefficient (Wildman–Crippen LogP) is 9.49. The zero-order valence-corrected chi connectivity index (χ0v) is 28.4. The number of unbranched alkanes of at least 4 members (excludes halogenated alkanes) is 2. The van der Waals surface area contributed by atoms with Gasteiger partial charge in [0.25, 0.3) is 0 Å². The fourth-order valence-electron chi connectivity index (χ4n) is 4.86. The molecule has 2 rings (SSSR count). The lowest BCUT2D eigenvalue weighted by Crippen LogP contribution is -2.51. The second kappa shape index (κ2) is 21.5. The van der Waals surface area contributed by atoms with Gasteiger partial charge in [0.2, 0.25) is 0 Å². The van der Waals surface area contributed by atoms with Crippen LogP contribution in [-0.2, 0) is 0 Å². The average molecular weight is 619 g/mol. The van der Waals surface area contributed by atoms with Crippen LogP contribution in [0.3, 0.4) is 0 Å². The summed E-state index contributed by atoms with van der Waals surface area (Å²) in [6.07, 6.45) is 16.7. The lowest BCUT2D eigenvalue weighted by molar-refractivity contribution is 0.172. The maximum Gasteiger partial charge on any atom is 0.131 e. The number of hydrogen-bond acceptors (Lipinski definition) is 5. The summed E-state index contributed by atoms with van der Waals surface area (Å²) in [5, 5.41) is 18.3. The maximum atomic E-state index is 11.1. The van der Waals surface area contributed by atoms with Crippen LogP contribution in [0.1, 0.15) is 87.5 Å². The number of rotatable bonds is 13. The highest BCUT2D eigenvalue weighted by Gasteiger charge is 2.39. The minimum Gasteiger partial charge on any atom is -0.497 e. The number of fused-ring (bicyclic) bond motifs is 1. The molecule has 0 bridgehead atoms. The summed E-state index contributed by atoms with van der Waals surface area (Å²) in [4.78, 5) is 4.06. The van der Waals surface area contributed by atoms with E-state index in [0.717, 1.165) is 60.4 Å². The number of likely N-dealkylation sites (N-methyl/N-ethyl adjacent to an activating group) is 1. The average Bonchev–Trinajstić information content (AvgIpc) is 2.99. The Morgan fingerprint density at radius 2 is 1.90 bits per heavy atom. The molecule has 1 aliphatic heterocycles. The molecule has 3 N–H and O–H groups in total. The third-order valence-electron chi connectivity index (χ3n) is 6.92. The highest BCUT2D eigenvalue weighted by atomic mass is 79.9. The van der Waals surface area contributed by atoms with Gasteiger partial charge in [-0.05, 0) is 81.1 Å². The fourth-order valence-corrected chi connectivity index (χ4v) is 5.02. The second-order valence-corrected chi connectivity index (χ2v) is 9.64. The Kier molecular flexibility index (Phi) is 20.2. The molecule has 226 valence electrons. The highest BCUT2D eigenvalue weighted by molar-refractivity contribution is 9.11. The van der Waals surface area contributed by atoms with E-state index in [1.165, 1.54) is 5.70 Å². The van der Waals surface area contributed by atoms with Crippen molar-refractivity contribution < 1.29 is 9.84 Å². The molecule has 1 aliphatic rings. The predicted molar refractivity (Wildman–Crippen MR) is 182 cm³/mol. The Bertz CT molecular complexity index is 997. The van der Waals surface area contributed by atoms with Crippen LogP contribution in [0, 0.1) is 0 Å². The van der Waals surface area contributed by atoms with E-state index in [4.69, 9.17) is 4.74 Å². The van der Waals surface area contributed by atoms with Gasteiger partial charge in [-0.3, -0.25) is 5.32 Å². The summed E-state index contributed by atoms with van der Waals surface area (Å²) in [6.45, 7) is 17.1. The lowest BCUT2D eigenvalue weighted by atomic mass is 9.84. The van der Waals surface area contributed by atoms with Crippen LogP contribution in [0.25, 0.3) is 0 Å². The Balaban J connectivity index is 0.00000363. The molecule has 0 saturated carbocycles. The van der Waals surface area contributed by atoms with Gasteiger partial charge in [-0.1, -0.05) is 87.0 Å². The number of aliphatic hydroxyl groups is 1. The molecule has 0 radical (unpaired) electrons. The number of allylic oxidation sites excluding steroid dienone is 6. The second-order valence-electron chi connectivity index (χ2n) is 9.11. The van der Waals surface area contributed by atoms with E-state index < -0.39 is 6.23 Å². The van der Waals surface area contributed by atoms with Gasteiger partial charge >= 0.3 is 0 Å². The van der Waals surface area contributed by atoms with Gasteiger partial charge in [-0.25, -0.2) is 0 Å². The zero-order chi connectivity index (χ0) is 30.6. The molecule has 1 aromatic rings. The van der Waals surface area contributed by atoms with Gasteiger partial charge in [0, 0.05) is 25.4 Å². The number of hydrogen-bond donors (Lipinski definition) is 3. The number of anilines is 2. The molecule has 6 heteroatoms. The first-order valence-electron chi connectivity index (χ1n) is 14.9. The number of nitrogens with one attached hydrogen (secondary N) is 2. The highest BCUT2D eigenvalue weighted by Crippen LogP contribution is 2.44. The van der Waals surface area contributed by atoms with Gasteiger partial charge in [0.05, 0.1) is 24.0 Å². The van der Waals surface area contributed by atoms with Crippen molar-refractivity contribution in [1.29, 1.82) is 0 Å². The van der Waals surface area contributed by atoms with E-state index >= 15 is 0 Å². The van der Waals surface area contributed by atoms with Crippen molar-refractivity contribution in [3.63, 3.8) is 0 Å². The first-order chi connectivity index (χ1) is 19.4. The number of benzene rings is 1. The van der Waals surface area contributed by atoms with Crippen LogP contribution < -0.4 is 20.3 Å². The van der Waals surface area contributed by atoms with Crippen molar-refractivity contribution in [2.75, 3.05) is 30.9 Å². The lowest BCUT2D eigenvalue weighted by Gasteiger charge is -2.47. The van der Waals surface area contributed by atoms with E-state index in [0.29, 0.717) is 6.54 Å². The molecule has 0 aliphatic carbocycles. The van der Waals surface area contributed by atoms with Crippen molar-refractivity contribution in [3.8, 4) is 5.75 Å². The Hall–Kier alpha value is -2.28. The van der Waals surface area contributed by atoms with Crippen LogP contribution in [0.15, 0.2) is 76.5 Å². The molecule has 40 heavy (non-hydrogen) atoms. The third-order valence-corrected chi connectivity index (χ3v) is 7.22. The Morgan fingerprint density at radius 3 is 2.48 bits per heavy atom. The van der Waals surface area contributed by atoms with Gasteiger partial charge in [0.15, 0.2) is 0 Å². The summed E-state index contributed by atoms with van der Waals surface area (Å²) in [5.74, 6) is 0.833. The molecular weight excluding hydrogens is 562 g/mol. The normalized spacial score (nSPS) is 19.0. The summed E-state index contributed by atoms with van der Waals surface area (Å²) >= 11 is 3.34. The van der Waals surface area contributed by atoms with Crippen molar-refractivity contribution in [3.05, 3.63) is 76.5 Å². The van der Waals surface area contributed by atoms with Crippen LogP contribution in [0.4, 0.5) is 11.4 Å². The molecule has 2 atom stereocenters. The largest absolute Gasteiger partial charge is 0.497 e. The number of nitrogens with zero attached hydrogens (tertiary/aromatic N) is 1. The molecule has 5 nitrogen and oxygen atoms in total. The maximum absolute atomic E-state index is 11.1. The van der Waals surface area contributed by atoms with Gasteiger partial charge < -0.3 is 20.1 Å². The van der Waals surface area contributed by atoms with Crippen molar-refractivity contribution in [1.82, 2.24) is 5.32 Å². The number of aliphatic hydroxyl groups excluding tert-OH is 1. The number of ether oxygens (including phenoxy) is 1. The molecule has 2 unspecified atom stereocenters. The molecule has 1 aromatic carbocycles. The van der Waals surface area contributed by atoms with Crippen LogP contribution in [0.2, 0.25) is 0 Å². The smallest absolute Gasteiger partial charge is 0.131 e. The molecular formula is C34H56BrN3O2. The zero-order valence-electron chi connectivity index (χ0n) is 26.8. The molecule has 0 fully saturated rings. The van der Waals surface area contributed by atoms with Crippen LogP contribution in [0.5, 0.6) is 5.75 Å². The molecule has 0 amide bonds. The Labute approximate surface area is 254 Å². The topological polar surface area (TPSA) is 56.8 Å².